The average molecular weight is 399 g/mol. The molecule has 2 rings (SSSR count). The van der Waals surface area contributed by atoms with E-state index in [1.807, 2.05) is 29.2 Å². The fourth-order valence-corrected chi connectivity index (χ4v) is 4.23. The third-order valence-corrected chi connectivity index (χ3v) is 5.66. The standard InChI is InChI=1S/C17H23BrN2O2S/c1-3-9-20(13(2)14-6-4-5-7-15(14)18)16(21)8-10-19-11-12-23-17(19)22/h4-7,13H,3,8-12H2,1-2H3. The maximum atomic E-state index is 12.7. The van der Waals surface area contributed by atoms with Crippen LogP contribution in [0.25, 0.3) is 0 Å². The van der Waals surface area contributed by atoms with Crippen LogP contribution in [0, 0.1) is 0 Å². The quantitative estimate of drug-likeness (QED) is 0.686. The molecule has 0 aliphatic carbocycles. The Labute approximate surface area is 150 Å². The second-order valence-corrected chi connectivity index (χ2v) is 7.54. The van der Waals surface area contributed by atoms with Crippen LogP contribution in [-0.2, 0) is 4.79 Å². The summed E-state index contributed by atoms with van der Waals surface area (Å²) in [7, 11) is 0. The van der Waals surface area contributed by atoms with E-state index in [2.05, 4.69) is 29.8 Å². The predicted octanol–water partition coefficient (Wildman–Crippen LogP) is 4.31. The Hall–Kier alpha value is -1.01. The van der Waals surface area contributed by atoms with Crippen molar-refractivity contribution in [3.63, 3.8) is 0 Å². The van der Waals surface area contributed by atoms with Crippen LogP contribution in [0.3, 0.4) is 0 Å². The number of amides is 2. The van der Waals surface area contributed by atoms with Gasteiger partial charge < -0.3 is 9.80 Å². The largest absolute Gasteiger partial charge is 0.336 e. The van der Waals surface area contributed by atoms with E-state index in [1.54, 1.807) is 4.90 Å². The second kappa shape index (κ2) is 8.73. The van der Waals surface area contributed by atoms with Crippen LogP contribution in [0.1, 0.15) is 38.3 Å². The third-order valence-electron chi connectivity index (χ3n) is 4.05. The van der Waals surface area contributed by atoms with Crippen LogP contribution >= 0.6 is 27.7 Å². The maximum Gasteiger partial charge on any atom is 0.281 e. The van der Waals surface area contributed by atoms with Crippen molar-refractivity contribution in [1.29, 1.82) is 0 Å². The first-order valence-electron chi connectivity index (χ1n) is 8.00. The van der Waals surface area contributed by atoms with E-state index in [1.165, 1.54) is 11.8 Å². The Morgan fingerprint density at radius 1 is 1.43 bits per heavy atom. The van der Waals surface area contributed by atoms with E-state index in [9.17, 15) is 9.59 Å². The minimum atomic E-state index is 0.0154. The van der Waals surface area contributed by atoms with Crippen LogP contribution in [0.2, 0.25) is 0 Å². The fourth-order valence-electron chi connectivity index (χ4n) is 2.76. The van der Waals surface area contributed by atoms with E-state index in [-0.39, 0.29) is 17.2 Å². The maximum absolute atomic E-state index is 12.7. The Morgan fingerprint density at radius 2 is 2.17 bits per heavy atom. The van der Waals surface area contributed by atoms with Gasteiger partial charge in [-0.2, -0.15) is 0 Å². The number of rotatable bonds is 7. The molecular formula is C17H23BrN2O2S. The molecule has 1 unspecified atom stereocenters. The molecule has 1 aromatic rings. The lowest BCUT2D eigenvalue weighted by Crippen LogP contribution is -2.37. The summed E-state index contributed by atoms with van der Waals surface area (Å²) in [5, 5.41) is 0.0960. The molecule has 1 aliphatic rings. The molecule has 0 bridgehead atoms. The van der Waals surface area contributed by atoms with Crippen molar-refractivity contribution >= 4 is 38.8 Å². The van der Waals surface area contributed by atoms with E-state index in [4.69, 9.17) is 0 Å². The lowest BCUT2D eigenvalue weighted by molar-refractivity contribution is -0.133. The van der Waals surface area contributed by atoms with Gasteiger partial charge in [0, 0.05) is 36.3 Å². The molecule has 126 valence electrons. The molecule has 1 aromatic carbocycles. The zero-order valence-corrected chi connectivity index (χ0v) is 16.0. The fraction of sp³-hybridized carbons (Fsp3) is 0.529. The predicted molar refractivity (Wildman–Crippen MR) is 98.6 cm³/mol. The molecule has 4 nitrogen and oxygen atoms in total. The monoisotopic (exact) mass is 398 g/mol. The van der Waals surface area contributed by atoms with Crippen molar-refractivity contribution < 1.29 is 9.59 Å². The molecule has 0 spiro atoms. The third kappa shape index (κ3) is 4.73. The minimum absolute atomic E-state index is 0.0154. The van der Waals surface area contributed by atoms with Gasteiger partial charge in [0.05, 0.1) is 6.04 Å². The molecular weight excluding hydrogens is 376 g/mol. The summed E-state index contributed by atoms with van der Waals surface area (Å²) in [5.41, 5.74) is 1.11. The Bertz CT molecular complexity index is 567. The van der Waals surface area contributed by atoms with Crippen LogP contribution in [-0.4, -0.2) is 46.3 Å². The zero-order chi connectivity index (χ0) is 16.8. The van der Waals surface area contributed by atoms with E-state index < -0.39 is 0 Å². The van der Waals surface area contributed by atoms with Gasteiger partial charge in [-0.25, -0.2) is 0 Å². The summed E-state index contributed by atoms with van der Waals surface area (Å²) in [5.74, 6) is 0.943. The number of hydrogen-bond acceptors (Lipinski definition) is 3. The Balaban J connectivity index is 2.03. The van der Waals surface area contributed by atoms with Crippen molar-refractivity contribution in [2.24, 2.45) is 0 Å². The van der Waals surface area contributed by atoms with Gasteiger partial charge in [0.1, 0.15) is 0 Å². The van der Waals surface area contributed by atoms with Crippen LogP contribution in [0.15, 0.2) is 28.7 Å². The summed E-state index contributed by atoms with van der Waals surface area (Å²) < 4.78 is 1.02. The summed E-state index contributed by atoms with van der Waals surface area (Å²) >= 11 is 4.91. The van der Waals surface area contributed by atoms with Crippen LogP contribution in [0.4, 0.5) is 4.79 Å². The molecule has 23 heavy (non-hydrogen) atoms. The number of hydrogen-bond donors (Lipinski definition) is 0. The SMILES string of the molecule is CCCN(C(=O)CCN1CCSC1=O)C(C)c1ccccc1Br. The van der Waals surface area contributed by atoms with Crippen molar-refractivity contribution in [3.8, 4) is 0 Å². The number of benzene rings is 1. The average Bonchev–Trinajstić information content (AvgIpc) is 2.95. The van der Waals surface area contributed by atoms with Gasteiger partial charge in [-0.15, -0.1) is 0 Å². The molecule has 1 saturated heterocycles. The molecule has 0 saturated carbocycles. The molecule has 1 fully saturated rings. The molecule has 0 aromatic heterocycles. The van der Waals surface area contributed by atoms with Crippen molar-refractivity contribution in [1.82, 2.24) is 9.80 Å². The van der Waals surface area contributed by atoms with Crippen molar-refractivity contribution in [2.45, 2.75) is 32.7 Å². The second-order valence-electron chi connectivity index (χ2n) is 5.64. The topological polar surface area (TPSA) is 40.6 Å². The van der Waals surface area contributed by atoms with Gasteiger partial charge in [0.15, 0.2) is 0 Å². The molecule has 1 heterocycles. The molecule has 1 aliphatic heterocycles. The normalized spacial score (nSPS) is 15.8. The van der Waals surface area contributed by atoms with Crippen LogP contribution < -0.4 is 0 Å². The molecule has 0 N–H and O–H groups in total. The minimum Gasteiger partial charge on any atom is -0.336 e. The van der Waals surface area contributed by atoms with E-state index in [0.29, 0.717) is 13.0 Å². The molecule has 6 heteroatoms. The summed E-state index contributed by atoms with van der Waals surface area (Å²) in [6.07, 6.45) is 1.31. The Kier molecular flexibility index (Phi) is 6.96. The first-order valence-corrected chi connectivity index (χ1v) is 9.78. The van der Waals surface area contributed by atoms with Gasteiger partial charge in [-0.3, -0.25) is 9.59 Å². The molecule has 1 atom stereocenters. The summed E-state index contributed by atoms with van der Waals surface area (Å²) in [6, 6.07) is 8.03. The number of carbonyl (C=O) groups is 2. The van der Waals surface area contributed by atoms with Gasteiger partial charge >= 0.3 is 0 Å². The van der Waals surface area contributed by atoms with Gasteiger partial charge in [-0.05, 0) is 25.0 Å². The first-order chi connectivity index (χ1) is 11.0. The summed E-state index contributed by atoms with van der Waals surface area (Å²) in [6.45, 7) is 6.14. The van der Waals surface area contributed by atoms with E-state index >= 15 is 0 Å². The van der Waals surface area contributed by atoms with Gasteiger partial charge in [0.2, 0.25) is 5.91 Å². The lowest BCUT2D eigenvalue weighted by Gasteiger charge is -2.30. The number of nitrogens with zero attached hydrogens (tertiary/aromatic N) is 2. The highest BCUT2D eigenvalue weighted by Gasteiger charge is 2.25. The number of thioether (sulfide) groups is 1. The highest BCUT2D eigenvalue weighted by Crippen LogP contribution is 2.28. The first kappa shape index (κ1) is 18.3. The summed E-state index contributed by atoms with van der Waals surface area (Å²) in [4.78, 5) is 28.0. The van der Waals surface area contributed by atoms with Crippen molar-refractivity contribution in [3.05, 3.63) is 34.3 Å². The lowest BCUT2D eigenvalue weighted by atomic mass is 10.1. The highest BCUT2D eigenvalue weighted by atomic mass is 79.9. The number of carbonyl (C=O) groups excluding carboxylic acids is 2. The highest BCUT2D eigenvalue weighted by molar-refractivity contribution is 9.10. The molecule has 0 radical (unpaired) electrons. The van der Waals surface area contributed by atoms with Gasteiger partial charge in [-0.1, -0.05) is 52.8 Å². The zero-order valence-electron chi connectivity index (χ0n) is 13.6. The smallest absolute Gasteiger partial charge is 0.281 e. The van der Waals surface area contributed by atoms with Crippen LogP contribution in [0.5, 0.6) is 0 Å². The number of halogens is 1. The molecule has 2 amide bonds. The van der Waals surface area contributed by atoms with Crippen molar-refractivity contribution in [2.75, 3.05) is 25.4 Å². The Morgan fingerprint density at radius 3 is 2.78 bits per heavy atom. The van der Waals surface area contributed by atoms with E-state index in [0.717, 1.165) is 35.3 Å². The van der Waals surface area contributed by atoms with Gasteiger partial charge in [0.25, 0.3) is 5.24 Å².